The standard InChI is InChI=1S/C17H21NO4S/c1-2-22-16-8-10-17(11-9-16)23(20,21)18-13-15(19)12-14-6-4-3-5-7-14/h3-11,15,18-19H,2,12-13H2,1H3. The summed E-state index contributed by atoms with van der Waals surface area (Å²) in [5.41, 5.74) is 0.959. The third kappa shape index (κ3) is 5.35. The fraction of sp³-hybridized carbons (Fsp3) is 0.294. The van der Waals surface area contributed by atoms with E-state index in [0.717, 1.165) is 5.56 Å². The van der Waals surface area contributed by atoms with Crippen molar-refractivity contribution in [1.82, 2.24) is 4.72 Å². The number of nitrogens with one attached hydrogen (secondary N) is 1. The van der Waals surface area contributed by atoms with E-state index in [1.54, 1.807) is 12.1 Å². The van der Waals surface area contributed by atoms with Gasteiger partial charge in [0.1, 0.15) is 5.75 Å². The van der Waals surface area contributed by atoms with Crippen LogP contribution in [0.15, 0.2) is 59.5 Å². The molecule has 2 aromatic carbocycles. The molecule has 0 aliphatic carbocycles. The van der Waals surface area contributed by atoms with E-state index in [0.29, 0.717) is 18.8 Å². The van der Waals surface area contributed by atoms with Crippen molar-refractivity contribution in [2.24, 2.45) is 0 Å². The zero-order valence-electron chi connectivity index (χ0n) is 13.0. The molecule has 2 aromatic rings. The van der Waals surface area contributed by atoms with Crippen molar-refractivity contribution in [1.29, 1.82) is 0 Å². The lowest BCUT2D eigenvalue weighted by Gasteiger charge is -2.13. The molecule has 0 spiro atoms. The van der Waals surface area contributed by atoms with Crippen molar-refractivity contribution in [3.63, 3.8) is 0 Å². The Morgan fingerprint density at radius 1 is 1.09 bits per heavy atom. The Kier molecular flexibility index (Phi) is 6.15. The summed E-state index contributed by atoms with van der Waals surface area (Å²) in [5.74, 6) is 0.621. The monoisotopic (exact) mass is 335 g/mol. The summed E-state index contributed by atoms with van der Waals surface area (Å²) in [5, 5.41) is 9.98. The molecule has 6 heteroatoms. The summed E-state index contributed by atoms with van der Waals surface area (Å²) in [4.78, 5) is 0.146. The van der Waals surface area contributed by atoms with Gasteiger partial charge in [0.15, 0.2) is 0 Å². The van der Waals surface area contributed by atoms with Gasteiger partial charge in [0.2, 0.25) is 10.0 Å². The molecule has 0 bridgehead atoms. The number of aliphatic hydroxyl groups is 1. The minimum absolute atomic E-state index is 0.0373. The van der Waals surface area contributed by atoms with E-state index in [-0.39, 0.29) is 11.4 Å². The van der Waals surface area contributed by atoms with Gasteiger partial charge < -0.3 is 9.84 Å². The molecule has 1 atom stereocenters. The minimum Gasteiger partial charge on any atom is -0.494 e. The smallest absolute Gasteiger partial charge is 0.240 e. The van der Waals surface area contributed by atoms with Gasteiger partial charge >= 0.3 is 0 Å². The van der Waals surface area contributed by atoms with E-state index >= 15 is 0 Å². The fourth-order valence-electron chi connectivity index (χ4n) is 2.13. The van der Waals surface area contributed by atoms with Crippen molar-refractivity contribution >= 4 is 10.0 Å². The van der Waals surface area contributed by atoms with Crippen LogP contribution in [-0.4, -0.2) is 32.8 Å². The average molecular weight is 335 g/mol. The Balaban J connectivity index is 1.92. The van der Waals surface area contributed by atoms with E-state index in [2.05, 4.69) is 4.72 Å². The Bertz CT molecular complexity index is 699. The molecule has 0 amide bonds. The van der Waals surface area contributed by atoms with Crippen LogP contribution in [0.25, 0.3) is 0 Å². The van der Waals surface area contributed by atoms with Gasteiger partial charge in [-0.15, -0.1) is 0 Å². The summed E-state index contributed by atoms with van der Waals surface area (Å²) in [6, 6.07) is 15.6. The summed E-state index contributed by atoms with van der Waals surface area (Å²) in [7, 11) is -3.64. The zero-order chi connectivity index (χ0) is 16.7. The van der Waals surface area contributed by atoms with Crippen molar-refractivity contribution in [2.75, 3.05) is 13.2 Å². The maximum absolute atomic E-state index is 12.2. The first-order valence-electron chi connectivity index (χ1n) is 7.46. The second kappa shape index (κ2) is 8.10. The summed E-state index contributed by atoms with van der Waals surface area (Å²) >= 11 is 0. The number of hydrogen-bond acceptors (Lipinski definition) is 4. The molecule has 0 heterocycles. The van der Waals surface area contributed by atoms with Crippen LogP contribution < -0.4 is 9.46 Å². The Morgan fingerprint density at radius 3 is 2.35 bits per heavy atom. The highest BCUT2D eigenvalue weighted by Crippen LogP contribution is 2.15. The van der Waals surface area contributed by atoms with Crippen molar-refractivity contribution in [3.05, 3.63) is 60.2 Å². The highest BCUT2D eigenvalue weighted by molar-refractivity contribution is 7.89. The Hall–Kier alpha value is -1.89. The summed E-state index contributed by atoms with van der Waals surface area (Å²) in [6.45, 7) is 2.35. The maximum Gasteiger partial charge on any atom is 0.240 e. The van der Waals surface area contributed by atoms with Gasteiger partial charge in [0.25, 0.3) is 0 Å². The lowest BCUT2D eigenvalue weighted by atomic mass is 10.1. The predicted octanol–water partition coefficient (Wildman–Crippen LogP) is 1.97. The number of benzene rings is 2. The minimum atomic E-state index is -3.64. The van der Waals surface area contributed by atoms with Crippen molar-refractivity contribution < 1.29 is 18.3 Å². The van der Waals surface area contributed by atoms with Crippen LogP contribution in [0.2, 0.25) is 0 Å². The molecule has 0 saturated heterocycles. The first-order chi connectivity index (χ1) is 11.0. The van der Waals surface area contributed by atoms with Crippen LogP contribution in [0.5, 0.6) is 5.75 Å². The average Bonchev–Trinajstić information content (AvgIpc) is 2.55. The highest BCUT2D eigenvalue weighted by atomic mass is 32.2. The van der Waals surface area contributed by atoms with Crippen molar-refractivity contribution in [3.8, 4) is 5.75 Å². The van der Waals surface area contributed by atoms with Gasteiger partial charge in [0.05, 0.1) is 17.6 Å². The Morgan fingerprint density at radius 2 is 1.74 bits per heavy atom. The first-order valence-corrected chi connectivity index (χ1v) is 8.94. The highest BCUT2D eigenvalue weighted by Gasteiger charge is 2.16. The van der Waals surface area contributed by atoms with E-state index in [1.807, 2.05) is 37.3 Å². The van der Waals surface area contributed by atoms with E-state index in [9.17, 15) is 13.5 Å². The van der Waals surface area contributed by atoms with E-state index in [4.69, 9.17) is 4.74 Å². The molecule has 5 nitrogen and oxygen atoms in total. The van der Waals surface area contributed by atoms with Crippen LogP contribution in [-0.2, 0) is 16.4 Å². The van der Waals surface area contributed by atoms with Gasteiger partial charge in [0, 0.05) is 6.54 Å². The molecule has 0 aromatic heterocycles. The second-order valence-electron chi connectivity index (χ2n) is 5.10. The molecule has 0 aliphatic heterocycles. The molecular formula is C17H21NO4S. The number of rotatable bonds is 8. The van der Waals surface area contributed by atoms with Gasteiger partial charge in [-0.3, -0.25) is 0 Å². The number of ether oxygens (including phenoxy) is 1. The molecule has 2 rings (SSSR count). The molecule has 1 unspecified atom stereocenters. The third-order valence-corrected chi connectivity index (χ3v) is 4.71. The maximum atomic E-state index is 12.2. The zero-order valence-corrected chi connectivity index (χ0v) is 13.8. The van der Waals surface area contributed by atoms with Crippen molar-refractivity contribution in [2.45, 2.75) is 24.3 Å². The van der Waals surface area contributed by atoms with Crippen LogP contribution in [0.3, 0.4) is 0 Å². The molecule has 23 heavy (non-hydrogen) atoms. The summed E-state index contributed by atoms with van der Waals surface area (Å²) < 4.78 is 32.1. The molecule has 0 radical (unpaired) electrons. The molecular weight excluding hydrogens is 314 g/mol. The van der Waals surface area contributed by atoms with Gasteiger partial charge in [-0.25, -0.2) is 13.1 Å². The SMILES string of the molecule is CCOc1ccc(S(=O)(=O)NCC(O)Cc2ccccc2)cc1. The van der Waals surface area contributed by atoms with Gasteiger partial charge in [-0.1, -0.05) is 30.3 Å². The van der Waals surface area contributed by atoms with E-state index in [1.165, 1.54) is 12.1 Å². The first kappa shape index (κ1) is 17.5. The van der Waals surface area contributed by atoms with Crippen LogP contribution >= 0.6 is 0 Å². The van der Waals surface area contributed by atoms with Crippen LogP contribution in [0.1, 0.15) is 12.5 Å². The third-order valence-electron chi connectivity index (χ3n) is 3.27. The molecule has 0 fully saturated rings. The predicted molar refractivity (Wildman–Crippen MR) is 89.0 cm³/mol. The number of sulfonamides is 1. The molecule has 124 valence electrons. The number of aliphatic hydroxyl groups excluding tert-OH is 1. The molecule has 0 saturated carbocycles. The van der Waals surface area contributed by atoms with E-state index < -0.39 is 16.1 Å². The largest absolute Gasteiger partial charge is 0.494 e. The Labute approximate surface area is 137 Å². The van der Waals surface area contributed by atoms with Gasteiger partial charge in [-0.05, 0) is 43.2 Å². The topological polar surface area (TPSA) is 75.6 Å². The molecule has 0 aliphatic rings. The second-order valence-corrected chi connectivity index (χ2v) is 6.87. The summed E-state index contributed by atoms with van der Waals surface area (Å²) in [6.07, 6.45) is -0.387. The van der Waals surface area contributed by atoms with Crippen LogP contribution in [0, 0.1) is 0 Å². The molecule has 2 N–H and O–H groups in total. The lowest BCUT2D eigenvalue weighted by Crippen LogP contribution is -2.33. The lowest BCUT2D eigenvalue weighted by molar-refractivity contribution is 0.179. The fourth-order valence-corrected chi connectivity index (χ4v) is 3.20. The van der Waals surface area contributed by atoms with Crippen LogP contribution in [0.4, 0.5) is 0 Å². The quantitative estimate of drug-likeness (QED) is 0.773. The normalized spacial score (nSPS) is 12.8. The number of hydrogen-bond donors (Lipinski definition) is 2. The van der Waals surface area contributed by atoms with Gasteiger partial charge in [-0.2, -0.15) is 0 Å².